The van der Waals surface area contributed by atoms with Crippen LogP contribution in [0, 0.1) is 20.8 Å². The Balaban J connectivity index is 2.09. The minimum absolute atomic E-state index is 0.216. The zero-order valence-corrected chi connectivity index (χ0v) is 14.7. The number of anilines is 3. The third-order valence-corrected chi connectivity index (χ3v) is 3.56. The maximum Gasteiger partial charge on any atom is 0.314 e. The van der Waals surface area contributed by atoms with Crippen molar-refractivity contribution in [1.82, 2.24) is 0 Å². The Bertz CT molecular complexity index is 821. The van der Waals surface area contributed by atoms with E-state index in [1.54, 1.807) is 24.3 Å². The lowest BCUT2D eigenvalue weighted by atomic mass is 10.1. The number of rotatable bonds is 3. The zero-order valence-electron chi connectivity index (χ0n) is 14.7. The minimum Gasteiger partial charge on any atom is -0.326 e. The highest BCUT2D eigenvalue weighted by Gasteiger charge is 2.16. The number of carbonyl (C=O) groups excluding carboxylic acids is 3. The Hall–Kier alpha value is -3.15. The molecule has 0 unspecified atom stereocenters. The first-order chi connectivity index (χ1) is 11.8. The summed E-state index contributed by atoms with van der Waals surface area (Å²) in [5.41, 5.74) is 4.47. The van der Waals surface area contributed by atoms with Crippen molar-refractivity contribution in [2.75, 3.05) is 16.0 Å². The highest BCUT2D eigenvalue weighted by molar-refractivity contribution is 6.43. The van der Waals surface area contributed by atoms with E-state index in [2.05, 4.69) is 16.0 Å². The van der Waals surface area contributed by atoms with Gasteiger partial charge in [-0.05, 0) is 50.1 Å². The highest BCUT2D eigenvalue weighted by Crippen LogP contribution is 2.22. The van der Waals surface area contributed by atoms with Crippen molar-refractivity contribution >= 4 is 34.8 Å². The molecule has 2 aromatic rings. The van der Waals surface area contributed by atoms with Gasteiger partial charge in [0.05, 0.1) is 0 Å². The van der Waals surface area contributed by atoms with Gasteiger partial charge in [-0.2, -0.15) is 0 Å². The molecule has 0 aliphatic heterocycles. The van der Waals surface area contributed by atoms with E-state index in [0.29, 0.717) is 17.1 Å². The SMILES string of the molecule is CC(=O)Nc1cccc(NC(=O)C(=O)Nc2c(C)cc(C)cc2C)c1. The van der Waals surface area contributed by atoms with Crippen LogP contribution in [0.4, 0.5) is 17.1 Å². The standard InChI is InChI=1S/C19H21N3O3/c1-11-8-12(2)17(13(3)9-11)22-19(25)18(24)21-16-7-5-6-15(10-16)20-14(4)23/h5-10H,1-4H3,(H,20,23)(H,21,24)(H,22,25). The van der Waals surface area contributed by atoms with E-state index in [9.17, 15) is 14.4 Å². The van der Waals surface area contributed by atoms with E-state index < -0.39 is 11.8 Å². The minimum atomic E-state index is -0.778. The van der Waals surface area contributed by atoms with Crippen LogP contribution >= 0.6 is 0 Å². The summed E-state index contributed by atoms with van der Waals surface area (Å²) < 4.78 is 0. The zero-order chi connectivity index (χ0) is 18.6. The van der Waals surface area contributed by atoms with Gasteiger partial charge >= 0.3 is 11.8 Å². The van der Waals surface area contributed by atoms with Gasteiger partial charge in [-0.1, -0.05) is 23.8 Å². The Morgan fingerprint density at radius 2 is 1.28 bits per heavy atom. The fourth-order valence-electron chi connectivity index (χ4n) is 2.61. The summed E-state index contributed by atoms with van der Waals surface area (Å²) in [5, 5.41) is 7.79. The van der Waals surface area contributed by atoms with Gasteiger partial charge in [0.1, 0.15) is 0 Å². The second kappa shape index (κ2) is 7.61. The monoisotopic (exact) mass is 339 g/mol. The van der Waals surface area contributed by atoms with Crippen molar-refractivity contribution in [2.24, 2.45) is 0 Å². The second-order valence-electron chi connectivity index (χ2n) is 5.94. The lowest BCUT2D eigenvalue weighted by Gasteiger charge is -2.13. The molecule has 0 heterocycles. The van der Waals surface area contributed by atoms with Gasteiger partial charge < -0.3 is 16.0 Å². The normalized spacial score (nSPS) is 10.1. The van der Waals surface area contributed by atoms with Gasteiger partial charge in [0.2, 0.25) is 5.91 Å². The van der Waals surface area contributed by atoms with Gasteiger partial charge in [-0.25, -0.2) is 0 Å². The molecule has 0 saturated heterocycles. The maximum atomic E-state index is 12.2. The van der Waals surface area contributed by atoms with E-state index >= 15 is 0 Å². The van der Waals surface area contributed by atoms with Crippen LogP contribution in [0.3, 0.4) is 0 Å². The van der Waals surface area contributed by atoms with Crippen molar-refractivity contribution in [3.8, 4) is 0 Å². The molecule has 6 nitrogen and oxygen atoms in total. The highest BCUT2D eigenvalue weighted by atomic mass is 16.2. The van der Waals surface area contributed by atoms with Crippen molar-refractivity contribution in [3.05, 3.63) is 53.1 Å². The second-order valence-corrected chi connectivity index (χ2v) is 5.94. The van der Waals surface area contributed by atoms with Crippen molar-refractivity contribution < 1.29 is 14.4 Å². The average Bonchev–Trinajstić information content (AvgIpc) is 2.50. The third kappa shape index (κ3) is 4.91. The summed E-state index contributed by atoms with van der Waals surface area (Å²) >= 11 is 0. The summed E-state index contributed by atoms with van der Waals surface area (Å²) in [4.78, 5) is 35.4. The lowest BCUT2D eigenvalue weighted by molar-refractivity contribution is -0.133. The van der Waals surface area contributed by atoms with Gasteiger partial charge in [0, 0.05) is 24.0 Å². The van der Waals surface area contributed by atoms with Crippen LogP contribution in [0.2, 0.25) is 0 Å². The van der Waals surface area contributed by atoms with Crippen LogP contribution in [-0.4, -0.2) is 17.7 Å². The Morgan fingerprint density at radius 1 is 0.760 bits per heavy atom. The van der Waals surface area contributed by atoms with Crippen molar-refractivity contribution in [3.63, 3.8) is 0 Å². The molecule has 0 fully saturated rings. The lowest BCUT2D eigenvalue weighted by Crippen LogP contribution is -2.29. The van der Waals surface area contributed by atoms with E-state index in [1.165, 1.54) is 6.92 Å². The number of nitrogens with one attached hydrogen (secondary N) is 3. The van der Waals surface area contributed by atoms with Crippen LogP contribution < -0.4 is 16.0 Å². The molecule has 0 aliphatic carbocycles. The molecule has 3 N–H and O–H groups in total. The topological polar surface area (TPSA) is 87.3 Å². The number of carbonyl (C=O) groups is 3. The molecule has 3 amide bonds. The summed E-state index contributed by atoms with van der Waals surface area (Å²) in [6, 6.07) is 10.5. The fourth-order valence-corrected chi connectivity index (χ4v) is 2.61. The fraction of sp³-hybridized carbons (Fsp3) is 0.211. The average molecular weight is 339 g/mol. The Morgan fingerprint density at radius 3 is 1.84 bits per heavy atom. The van der Waals surface area contributed by atoms with Crippen LogP contribution in [0.1, 0.15) is 23.6 Å². The summed E-state index contributed by atoms with van der Waals surface area (Å²) in [5.74, 6) is -1.74. The molecule has 0 spiro atoms. The Labute approximate surface area is 146 Å². The molecule has 130 valence electrons. The molecule has 25 heavy (non-hydrogen) atoms. The van der Waals surface area contributed by atoms with Gasteiger partial charge in [0.25, 0.3) is 0 Å². The van der Waals surface area contributed by atoms with Gasteiger partial charge in [-0.15, -0.1) is 0 Å². The van der Waals surface area contributed by atoms with Crippen LogP contribution in [0.15, 0.2) is 36.4 Å². The van der Waals surface area contributed by atoms with Gasteiger partial charge in [0.15, 0.2) is 0 Å². The number of amides is 3. The molecular weight excluding hydrogens is 318 g/mol. The van der Waals surface area contributed by atoms with Crippen LogP contribution in [0.5, 0.6) is 0 Å². The molecule has 0 saturated carbocycles. The van der Waals surface area contributed by atoms with Gasteiger partial charge in [-0.3, -0.25) is 14.4 Å². The molecule has 2 rings (SSSR count). The summed E-state index contributed by atoms with van der Waals surface area (Å²) in [6.07, 6.45) is 0. The summed E-state index contributed by atoms with van der Waals surface area (Å²) in [7, 11) is 0. The summed E-state index contributed by atoms with van der Waals surface area (Å²) in [6.45, 7) is 7.13. The Kier molecular flexibility index (Phi) is 5.54. The van der Waals surface area contributed by atoms with Crippen LogP contribution in [0.25, 0.3) is 0 Å². The number of benzene rings is 2. The smallest absolute Gasteiger partial charge is 0.314 e. The molecule has 0 bridgehead atoms. The van der Waals surface area contributed by atoms with Crippen molar-refractivity contribution in [2.45, 2.75) is 27.7 Å². The van der Waals surface area contributed by atoms with Crippen molar-refractivity contribution in [1.29, 1.82) is 0 Å². The molecule has 0 radical (unpaired) electrons. The van der Waals surface area contributed by atoms with E-state index in [0.717, 1.165) is 16.7 Å². The van der Waals surface area contributed by atoms with E-state index in [-0.39, 0.29) is 5.91 Å². The molecule has 0 aromatic heterocycles. The number of hydrogen-bond acceptors (Lipinski definition) is 3. The predicted octanol–water partition coefficient (Wildman–Crippen LogP) is 3.15. The predicted molar refractivity (Wildman–Crippen MR) is 98.7 cm³/mol. The number of hydrogen-bond donors (Lipinski definition) is 3. The molecule has 0 aliphatic rings. The maximum absolute atomic E-state index is 12.2. The quantitative estimate of drug-likeness (QED) is 0.751. The number of aryl methyl sites for hydroxylation is 3. The molecule has 6 heteroatoms. The molecular formula is C19H21N3O3. The third-order valence-electron chi connectivity index (χ3n) is 3.56. The van der Waals surface area contributed by atoms with Crippen LogP contribution in [-0.2, 0) is 14.4 Å². The first-order valence-corrected chi connectivity index (χ1v) is 7.84. The first-order valence-electron chi connectivity index (χ1n) is 7.84. The largest absolute Gasteiger partial charge is 0.326 e. The van der Waals surface area contributed by atoms with E-state index in [1.807, 2.05) is 32.9 Å². The first kappa shape index (κ1) is 18.2. The molecule has 2 aromatic carbocycles. The molecule has 0 atom stereocenters. The van der Waals surface area contributed by atoms with E-state index in [4.69, 9.17) is 0 Å².